The summed E-state index contributed by atoms with van der Waals surface area (Å²) in [5.41, 5.74) is 3.97. The van der Waals surface area contributed by atoms with E-state index in [2.05, 4.69) is 24.4 Å². The number of anilines is 1. The highest BCUT2D eigenvalue weighted by Gasteiger charge is 2.08. The minimum atomic E-state index is -0.218. The molecule has 29 heavy (non-hydrogen) atoms. The Morgan fingerprint density at radius 2 is 1.72 bits per heavy atom. The summed E-state index contributed by atoms with van der Waals surface area (Å²) in [5, 5.41) is 3.81. The number of benzene rings is 3. The van der Waals surface area contributed by atoms with E-state index in [-0.39, 0.29) is 12.5 Å². The van der Waals surface area contributed by atoms with E-state index in [0.717, 1.165) is 21.8 Å². The van der Waals surface area contributed by atoms with E-state index in [4.69, 9.17) is 14.5 Å². The third kappa shape index (κ3) is 4.55. The van der Waals surface area contributed by atoms with Crippen molar-refractivity contribution in [3.05, 3.63) is 72.3 Å². The SMILES string of the molecule is COc1ccc(OCC(=O)Nc2ccc(-c3nc4ccc(C)cc4s3)cc2)cc1. The Balaban J connectivity index is 1.37. The van der Waals surface area contributed by atoms with Crippen molar-refractivity contribution < 1.29 is 14.3 Å². The molecule has 4 rings (SSSR count). The van der Waals surface area contributed by atoms with Crippen molar-refractivity contribution in [1.82, 2.24) is 4.98 Å². The van der Waals surface area contributed by atoms with Crippen LogP contribution in [0.3, 0.4) is 0 Å². The van der Waals surface area contributed by atoms with E-state index in [1.807, 2.05) is 30.3 Å². The van der Waals surface area contributed by atoms with Crippen molar-refractivity contribution in [2.75, 3.05) is 19.0 Å². The van der Waals surface area contributed by atoms with E-state index in [9.17, 15) is 4.79 Å². The van der Waals surface area contributed by atoms with Gasteiger partial charge in [0.15, 0.2) is 6.61 Å². The number of carbonyl (C=O) groups excluding carboxylic acids is 1. The van der Waals surface area contributed by atoms with Crippen LogP contribution < -0.4 is 14.8 Å². The van der Waals surface area contributed by atoms with Gasteiger partial charge in [-0.05, 0) is 73.2 Å². The lowest BCUT2D eigenvalue weighted by molar-refractivity contribution is -0.118. The Morgan fingerprint density at radius 1 is 1.00 bits per heavy atom. The fourth-order valence-electron chi connectivity index (χ4n) is 2.87. The predicted molar refractivity (Wildman–Crippen MR) is 117 cm³/mol. The Bertz CT molecular complexity index is 1140. The van der Waals surface area contributed by atoms with Gasteiger partial charge < -0.3 is 14.8 Å². The van der Waals surface area contributed by atoms with Crippen molar-refractivity contribution >= 4 is 33.1 Å². The molecule has 0 saturated heterocycles. The topological polar surface area (TPSA) is 60.5 Å². The minimum Gasteiger partial charge on any atom is -0.497 e. The molecule has 1 heterocycles. The van der Waals surface area contributed by atoms with Crippen LogP contribution in [0.15, 0.2) is 66.7 Å². The number of fused-ring (bicyclic) bond motifs is 1. The van der Waals surface area contributed by atoms with Crippen LogP contribution in [-0.4, -0.2) is 24.6 Å². The molecule has 0 radical (unpaired) electrons. The van der Waals surface area contributed by atoms with Crippen molar-refractivity contribution in [3.8, 4) is 22.1 Å². The Labute approximate surface area is 172 Å². The first-order valence-corrected chi connectivity index (χ1v) is 9.97. The zero-order valence-electron chi connectivity index (χ0n) is 16.1. The number of hydrogen-bond donors (Lipinski definition) is 1. The van der Waals surface area contributed by atoms with Crippen molar-refractivity contribution in [2.45, 2.75) is 6.92 Å². The maximum atomic E-state index is 12.1. The second-order valence-electron chi connectivity index (χ2n) is 6.58. The third-order valence-electron chi connectivity index (χ3n) is 4.39. The van der Waals surface area contributed by atoms with Crippen LogP contribution in [0, 0.1) is 6.92 Å². The fraction of sp³-hybridized carbons (Fsp3) is 0.130. The second-order valence-corrected chi connectivity index (χ2v) is 7.61. The van der Waals surface area contributed by atoms with Crippen molar-refractivity contribution in [1.29, 1.82) is 0 Å². The van der Waals surface area contributed by atoms with Crippen molar-refractivity contribution in [3.63, 3.8) is 0 Å². The van der Waals surface area contributed by atoms with Gasteiger partial charge >= 0.3 is 0 Å². The van der Waals surface area contributed by atoms with Gasteiger partial charge in [0, 0.05) is 11.3 Å². The van der Waals surface area contributed by atoms with Crippen molar-refractivity contribution in [2.24, 2.45) is 0 Å². The quantitative estimate of drug-likeness (QED) is 0.474. The molecule has 0 aliphatic carbocycles. The molecule has 6 heteroatoms. The fourth-order valence-corrected chi connectivity index (χ4v) is 3.94. The van der Waals surface area contributed by atoms with E-state index in [1.54, 1.807) is 42.7 Å². The lowest BCUT2D eigenvalue weighted by atomic mass is 10.2. The number of methoxy groups -OCH3 is 1. The Kier molecular flexibility index (Phi) is 5.44. The third-order valence-corrected chi connectivity index (χ3v) is 5.46. The number of nitrogens with zero attached hydrogens (tertiary/aromatic N) is 1. The molecule has 0 aliphatic rings. The summed E-state index contributed by atoms with van der Waals surface area (Å²) in [5.74, 6) is 1.14. The number of nitrogens with one attached hydrogen (secondary N) is 1. The van der Waals surface area contributed by atoms with E-state index >= 15 is 0 Å². The molecule has 5 nitrogen and oxygen atoms in total. The molecule has 1 amide bonds. The van der Waals surface area contributed by atoms with Gasteiger partial charge in [-0.2, -0.15) is 0 Å². The van der Waals surface area contributed by atoms with Gasteiger partial charge in [-0.3, -0.25) is 4.79 Å². The van der Waals surface area contributed by atoms with Crippen LogP contribution in [0.5, 0.6) is 11.5 Å². The van der Waals surface area contributed by atoms with E-state index in [1.165, 1.54) is 10.3 Å². The standard InChI is InChI=1S/C23H20N2O3S/c1-15-3-12-20-21(13-15)29-23(25-20)16-4-6-17(7-5-16)24-22(26)14-28-19-10-8-18(27-2)9-11-19/h3-13H,14H2,1-2H3,(H,24,26). The number of hydrogen-bond acceptors (Lipinski definition) is 5. The zero-order chi connectivity index (χ0) is 20.2. The van der Waals surface area contributed by atoms with Gasteiger partial charge in [-0.25, -0.2) is 4.98 Å². The Morgan fingerprint density at radius 3 is 2.45 bits per heavy atom. The van der Waals surface area contributed by atoms with Crippen LogP contribution in [0.4, 0.5) is 5.69 Å². The largest absolute Gasteiger partial charge is 0.497 e. The number of amides is 1. The van der Waals surface area contributed by atoms with Gasteiger partial charge in [0.05, 0.1) is 17.3 Å². The normalized spacial score (nSPS) is 10.7. The summed E-state index contributed by atoms with van der Waals surface area (Å²) in [6.45, 7) is 2.01. The Hall–Kier alpha value is -3.38. The molecule has 146 valence electrons. The first kappa shape index (κ1) is 19.0. The first-order valence-electron chi connectivity index (χ1n) is 9.15. The number of thiazole rings is 1. The first-order chi connectivity index (χ1) is 14.1. The number of aryl methyl sites for hydroxylation is 1. The molecular formula is C23H20N2O3S. The number of aromatic nitrogens is 1. The molecule has 0 spiro atoms. The molecule has 0 bridgehead atoms. The number of rotatable bonds is 6. The van der Waals surface area contributed by atoms with Crippen LogP contribution in [0.2, 0.25) is 0 Å². The van der Waals surface area contributed by atoms with Crippen LogP contribution in [0.1, 0.15) is 5.56 Å². The summed E-state index contributed by atoms with van der Waals surface area (Å²) < 4.78 is 11.8. The summed E-state index contributed by atoms with van der Waals surface area (Å²) in [6, 6.07) is 21.0. The molecule has 0 atom stereocenters. The molecular weight excluding hydrogens is 384 g/mol. The zero-order valence-corrected chi connectivity index (χ0v) is 17.0. The molecule has 1 N–H and O–H groups in total. The lowest BCUT2D eigenvalue weighted by Gasteiger charge is -2.08. The van der Waals surface area contributed by atoms with Gasteiger partial charge in [0.1, 0.15) is 16.5 Å². The number of ether oxygens (including phenoxy) is 2. The molecule has 0 fully saturated rings. The highest BCUT2D eigenvalue weighted by atomic mass is 32.1. The van der Waals surface area contributed by atoms with Crippen LogP contribution >= 0.6 is 11.3 Å². The maximum absolute atomic E-state index is 12.1. The van der Waals surface area contributed by atoms with Gasteiger partial charge in [-0.1, -0.05) is 6.07 Å². The van der Waals surface area contributed by atoms with Crippen LogP contribution in [-0.2, 0) is 4.79 Å². The van der Waals surface area contributed by atoms with E-state index < -0.39 is 0 Å². The predicted octanol–water partition coefficient (Wildman–Crippen LogP) is 5.30. The highest BCUT2D eigenvalue weighted by molar-refractivity contribution is 7.21. The second kappa shape index (κ2) is 8.32. The van der Waals surface area contributed by atoms with Gasteiger partial charge in [0.2, 0.25) is 0 Å². The summed E-state index contributed by atoms with van der Waals surface area (Å²) in [7, 11) is 1.60. The van der Waals surface area contributed by atoms with Crippen LogP contribution in [0.25, 0.3) is 20.8 Å². The molecule has 1 aromatic heterocycles. The summed E-state index contributed by atoms with van der Waals surface area (Å²) >= 11 is 1.67. The van der Waals surface area contributed by atoms with Gasteiger partial charge in [0.25, 0.3) is 5.91 Å². The minimum absolute atomic E-state index is 0.0642. The highest BCUT2D eigenvalue weighted by Crippen LogP contribution is 2.31. The summed E-state index contributed by atoms with van der Waals surface area (Å²) in [4.78, 5) is 16.8. The smallest absolute Gasteiger partial charge is 0.262 e. The maximum Gasteiger partial charge on any atom is 0.262 e. The van der Waals surface area contributed by atoms with Gasteiger partial charge in [-0.15, -0.1) is 11.3 Å². The summed E-state index contributed by atoms with van der Waals surface area (Å²) in [6.07, 6.45) is 0. The molecule has 0 unspecified atom stereocenters. The molecule has 3 aromatic carbocycles. The lowest BCUT2D eigenvalue weighted by Crippen LogP contribution is -2.20. The number of carbonyl (C=O) groups is 1. The average Bonchev–Trinajstić information content (AvgIpc) is 3.16. The van der Waals surface area contributed by atoms with E-state index in [0.29, 0.717) is 11.4 Å². The monoisotopic (exact) mass is 404 g/mol. The molecule has 0 aliphatic heterocycles. The molecule has 4 aromatic rings. The average molecular weight is 404 g/mol. The molecule has 0 saturated carbocycles.